The lowest BCUT2D eigenvalue weighted by Crippen LogP contribution is -2.62. The molecule has 0 aromatic heterocycles. The molecular weight excluding hydrogens is 526 g/mol. The molecule has 1 aliphatic heterocycles. The van der Waals surface area contributed by atoms with Crippen molar-refractivity contribution in [1.82, 2.24) is 20.9 Å². The Bertz CT molecular complexity index is 1010. The van der Waals surface area contributed by atoms with Gasteiger partial charge in [0.05, 0.1) is 12.1 Å². The summed E-state index contributed by atoms with van der Waals surface area (Å²) in [5.74, 6) is -3.29. The fraction of sp³-hybridized carbons (Fsp3) is 0.800. The standard InChI is InChI=1S/C30H51N5O6/c1-15(2)19-12-13-35(22(19)27(39)32-20(14-18-10-11-18)24(37)26(31)38)28(40)25(30(7,8)9)34-29(41)33-21(16(3)4)23(36)17(5)6/h15-22,25H,10-14H2,1-9H3,(H2,31,38)(H,32,39)(H2,33,34,41)/t19?,20?,21-,22-,25+/m0/s1. The second-order valence-corrected chi connectivity index (χ2v) is 13.8. The van der Waals surface area contributed by atoms with Crippen LogP contribution in [0.5, 0.6) is 0 Å². The van der Waals surface area contributed by atoms with Crippen molar-refractivity contribution in [3.63, 3.8) is 0 Å². The lowest BCUT2D eigenvalue weighted by atomic mass is 9.84. The Morgan fingerprint density at radius 1 is 0.878 bits per heavy atom. The Balaban J connectivity index is 2.32. The molecule has 1 saturated carbocycles. The van der Waals surface area contributed by atoms with Gasteiger partial charge in [-0.25, -0.2) is 4.79 Å². The van der Waals surface area contributed by atoms with Gasteiger partial charge in [-0.2, -0.15) is 0 Å². The monoisotopic (exact) mass is 577 g/mol. The summed E-state index contributed by atoms with van der Waals surface area (Å²) in [4.78, 5) is 79.3. The summed E-state index contributed by atoms with van der Waals surface area (Å²) in [6, 6.07) is -4.27. The van der Waals surface area contributed by atoms with E-state index >= 15 is 0 Å². The number of carbonyl (C=O) groups excluding carboxylic acids is 6. The topological polar surface area (TPSA) is 168 Å². The normalized spacial score (nSPS) is 21.4. The van der Waals surface area contributed by atoms with Gasteiger partial charge in [0.15, 0.2) is 5.78 Å². The summed E-state index contributed by atoms with van der Waals surface area (Å²) in [6.45, 7) is 16.9. The van der Waals surface area contributed by atoms with Gasteiger partial charge in [-0.05, 0) is 41.9 Å². The number of hydrogen-bond acceptors (Lipinski definition) is 6. The molecule has 5 N–H and O–H groups in total. The number of nitrogens with one attached hydrogen (secondary N) is 3. The van der Waals surface area contributed by atoms with Crippen LogP contribution in [0, 0.1) is 35.0 Å². The van der Waals surface area contributed by atoms with E-state index in [0.717, 1.165) is 12.8 Å². The number of Topliss-reactive ketones (excluding diaryl/α,β-unsaturated/α-hetero) is 2. The van der Waals surface area contributed by atoms with Gasteiger partial charge in [-0.1, -0.05) is 75.2 Å². The highest BCUT2D eigenvalue weighted by atomic mass is 16.2. The third-order valence-corrected chi connectivity index (χ3v) is 8.21. The zero-order valence-corrected chi connectivity index (χ0v) is 26.2. The van der Waals surface area contributed by atoms with Crippen molar-refractivity contribution in [2.24, 2.45) is 40.7 Å². The minimum atomic E-state index is -1.10. The quantitative estimate of drug-likeness (QED) is 0.245. The maximum Gasteiger partial charge on any atom is 0.316 e. The molecule has 11 nitrogen and oxygen atoms in total. The Hall–Kier alpha value is -2.98. The lowest BCUT2D eigenvalue weighted by molar-refractivity contribution is -0.144. The smallest absolute Gasteiger partial charge is 0.316 e. The zero-order chi connectivity index (χ0) is 31.4. The second-order valence-electron chi connectivity index (χ2n) is 13.8. The molecule has 0 aromatic carbocycles. The number of ketones is 2. The number of nitrogens with zero attached hydrogens (tertiary/aromatic N) is 1. The molecule has 41 heavy (non-hydrogen) atoms. The van der Waals surface area contributed by atoms with Gasteiger partial charge >= 0.3 is 6.03 Å². The van der Waals surface area contributed by atoms with Crippen LogP contribution < -0.4 is 21.7 Å². The van der Waals surface area contributed by atoms with E-state index in [-0.39, 0.29) is 35.4 Å². The summed E-state index contributed by atoms with van der Waals surface area (Å²) in [5.41, 5.74) is 4.54. The molecule has 0 aromatic rings. The van der Waals surface area contributed by atoms with E-state index in [4.69, 9.17) is 5.73 Å². The molecular formula is C30H51N5O6. The van der Waals surface area contributed by atoms with Crippen LogP contribution in [0.4, 0.5) is 4.79 Å². The first-order valence-electron chi connectivity index (χ1n) is 14.9. The number of hydrogen-bond donors (Lipinski definition) is 4. The Morgan fingerprint density at radius 3 is 1.90 bits per heavy atom. The number of nitrogens with two attached hydrogens (primary N) is 1. The molecule has 11 heteroatoms. The third-order valence-electron chi connectivity index (χ3n) is 8.21. The van der Waals surface area contributed by atoms with Gasteiger partial charge in [0.25, 0.3) is 5.91 Å². The number of amides is 5. The molecule has 1 aliphatic carbocycles. The van der Waals surface area contributed by atoms with Crippen LogP contribution >= 0.6 is 0 Å². The minimum Gasteiger partial charge on any atom is -0.363 e. The molecule has 0 spiro atoms. The summed E-state index contributed by atoms with van der Waals surface area (Å²) in [6.07, 6.45) is 2.74. The first-order chi connectivity index (χ1) is 18.9. The molecule has 2 aliphatic rings. The maximum absolute atomic E-state index is 14.1. The van der Waals surface area contributed by atoms with Crippen LogP contribution in [-0.2, 0) is 24.0 Å². The van der Waals surface area contributed by atoms with E-state index in [1.165, 1.54) is 4.90 Å². The lowest BCUT2D eigenvalue weighted by Gasteiger charge is -2.37. The van der Waals surface area contributed by atoms with Crippen LogP contribution in [-0.4, -0.2) is 70.9 Å². The summed E-state index contributed by atoms with van der Waals surface area (Å²) in [7, 11) is 0. The average Bonchev–Trinajstić information content (AvgIpc) is 3.56. The molecule has 0 bridgehead atoms. The molecule has 232 valence electrons. The van der Waals surface area contributed by atoms with Crippen LogP contribution in [0.3, 0.4) is 0 Å². The molecule has 5 amide bonds. The van der Waals surface area contributed by atoms with Crippen molar-refractivity contribution in [1.29, 1.82) is 0 Å². The van der Waals surface area contributed by atoms with Crippen molar-refractivity contribution >= 4 is 35.3 Å². The molecule has 1 heterocycles. The van der Waals surface area contributed by atoms with Gasteiger partial charge in [0.2, 0.25) is 17.6 Å². The third kappa shape index (κ3) is 9.00. The fourth-order valence-electron chi connectivity index (χ4n) is 5.50. The molecule has 1 saturated heterocycles. The Labute approximate surface area is 244 Å². The van der Waals surface area contributed by atoms with E-state index in [1.807, 2.05) is 48.5 Å². The predicted molar refractivity (Wildman–Crippen MR) is 155 cm³/mol. The molecule has 2 rings (SSSR count). The first kappa shape index (κ1) is 34.2. The molecule has 5 atom stereocenters. The molecule has 2 fully saturated rings. The number of rotatable bonds is 13. The van der Waals surface area contributed by atoms with Gasteiger partial charge in [0.1, 0.15) is 12.1 Å². The van der Waals surface area contributed by atoms with Crippen molar-refractivity contribution in [2.75, 3.05) is 6.54 Å². The molecule has 0 radical (unpaired) electrons. The van der Waals surface area contributed by atoms with Crippen LogP contribution in [0.2, 0.25) is 0 Å². The zero-order valence-electron chi connectivity index (χ0n) is 26.2. The van der Waals surface area contributed by atoms with Gasteiger partial charge in [-0.3, -0.25) is 24.0 Å². The van der Waals surface area contributed by atoms with Crippen molar-refractivity contribution < 1.29 is 28.8 Å². The first-order valence-corrected chi connectivity index (χ1v) is 14.9. The van der Waals surface area contributed by atoms with E-state index in [0.29, 0.717) is 19.4 Å². The van der Waals surface area contributed by atoms with Crippen molar-refractivity contribution in [2.45, 2.75) is 112 Å². The molecule has 2 unspecified atom stereocenters. The van der Waals surface area contributed by atoms with Crippen molar-refractivity contribution in [3.05, 3.63) is 0 Å². The maximum atomic E-state index is 14.1. The predicted octanol–water partition coefficient (Wildman–Crippen LogP) is 2.16. The van der Waals surface area contributed by atoms with Crippen molar-refractivity contribution in [3.8, 4) is 0 Å². The minimum absolute atomic E-state index is 0.0514. The highest BCUT2D eigenvalue weighted by molar-refractivity contribution is 6.37. The SMILES string of the molecule is CC(C)C(=O)[C@@H](NC(=O)N[C@H](C(=O)N1CCC(C(C)C)[C@H]1C(=O)NC(CC1CC1)C(=O)C(N)=O)C(C)(C)C)C(C)C. The van der Waals surface area contributed by atoms with Gasteiger partial charge < -0.3 is 26.6 Å². The van der Waals surface area contributed by atoms with Crippen LogP contribution in [0.1, 0.15) is 88.0 Å². The van der Waals surface area contributed by atoms with Gasteiger partial charge in [0, 0.05) is 12.5 Å². The number of likely N-dealkylation sites (tertiary alicyclic amines) is 1. The summed E-state index contributed by atoms with van der Waals surface area (Å²) < 4.78 is 0. The van der Waals surface area contributed by atoms with E-state index in [1.54, 1.807) is 13.8 Å². The Kier molecular flexibility index (Phi) is 11.5. The number of carbonyl (C=O) groups is 6. The fourth-order valence-corrected chi connectivity index (χ4v) is 5.50. The highest BCUT2D eigenvalue weighted by Gasteiger charge is 2.48. The Morgan fingerprint density at radius 2 is 1.46 bits per heavy atom. The summed E-state index contributed by atoms with van der Waals surface area (Å²) >= 11 is 0. The second kappa shape index (κ2) is 13.8. The largest absolute Gasteiger partial charge is 0.363 e. The van der Waals surface area contributed by atoms with Crippen LogP contribution in [0.25, 0.3) is 0 Å². The van der Waals surface area contributed by atoms with E-state index in [9.17, 15) is 28.8 Å². The van der Waals surface area contributed by atoms with Crippen LogP contribution in [0.15, 0.2) is 0 Å². The van der Waals surface area contributed by atoms with E-state index in [2.05, 4.69) is 16.0 Å². The van der Waals surface area contributed by atoms with E-state index < -0.39 is 59.1 Å². The van der Waals surface area contributed by atoms with Gasteiger partial charge in [-0.15, -0.1) is 0 Å². The number of primary amides is 1. The number of urea groups is 1. The highest BCUT2D eigenvalue weighted by Crippen LogP contribution is 2.35. The average molecular weight is 578 g/mol. The summed E-state index contributed by atoms with van der Waals surface area (Å²) in [5, 5.41) is 8.27.